The number of nitrogens with zero attached hydrogens (tertiary/aromatic N) is 3. The van der Waals surface area contributed by atoms with Crippen LogP contribution in [0.3, 0.4) is 0 Å². The van der Waals surface area contributed by atoms with E-state index in [0.717, 1.165) is 45.3 Å². The van der Waals surface area contributed by atoms with Gasteiger partial charge in [0.1, 0.15) is 0 Å². The van der Waals surface area contributed by atoms with Crippen molar-refractivity contribution in [1.82, 2.24) is 4.57 Å². The normalized spacial score (nSPS) is 12.2. The first-order valence-corrected chi connectivity index (χ1v) is 13.8. The first-order chi connectivity index (χ1) is 19.2. The van der Waals surface area contributed by atoms with Crippen molar-refractivity contribution < 1.29 is 0 Å². The molecule has 0 saturated heterocycles. The monoisotopic (exact) mass is 523 g/mol. The molecule has 0 saturated carbocycles. The second kappa shape index (κ2) is 11.3. The molecule has 1 aromatic heterocycles. The number of rotatable bonds is 6. The van der Waals surface area contributed by atoms with Crippen LogP contribution in [0.4, 0.5) is 11.4 Å². The first-order valence-electron chi connectivity index (χ1n) is 13.8. The van der Waals surface area contributed by atoms with Gasteiger partial charge in [-0.15, -0.1) is 0 Å². The lowest BCUT2D eigenvalue weighted by molar-refractivity contribution is 0.902. The minimum Gasteiger partial charge on any atom is -0.341 e. The van der Waals surface area contributed by atoms with E-state index in [1.54, 1.807) is 0 Å². The third-order valence-corrected chi connectivity index (χ3v) is 7.42. The summed E-state index contributed by atoms with van der Waals surface area (Å²) in [6.45, 7) is 12.8. The Balaban J connectivity index is 1.73. The Morgan fingerprint density at radius 3 is 1.12 bits per heavy atom. The van der Waals surface area contributed by atoms with Crippen molar-refractivity contribution in [2.75, 3.05) is 0 Å². The van der Waals surface area contributed by atoms with Gasteiger partial charge in [0.15, 0.2) is 0 Å². The maximum atomic E-state index is 5.32. The molecule has 200 valence electrons. The van der Waals surface area contributed by atoms with Crippen LogP contribution in [-0.2, 0) is 7.05 Å². The summed E-state index contributed by atoms with van der Waals surface area (Å²) in [5.74, 6) is 0. The molecule has 0 bridgehead atoms. The molecule has 4 aromatic carbocycles. The summed E-state index contributed by atoms with van der Waals surface area (Å²) < 4.78 is 2.23. The molecule has 5 rings (SSSR count). The molecule has 0 atom stereocenters. The molecule has 0 radical (unpaired) electrons. The fraction of sp³-hybridized carbons (Fsp3) is 0.189. The van der Waals surface area contributed by atoms with E-state index in [4.69, 9.17) is 9.98 Å². The maximum Gasteiger partial charge on any atom is 0.0946 e. The smallest absolute Gasteiger partial charge is 0.0946 e. The van der Waals surface area contributed by atoms with E-state index < -0.39 is 0 Å². The fourth-order valence-electron chi connectivity index (χ4n) is 5.64. The van der Waals surface area contributed by atoms with Crippen LogP contribution in [0.1, 0.15) is 55.9 Å². The highest BCUT2D eigenvalue weighted by Crippen LogP contribution is 2.30. The van der Waals surface area contributed by atoms with Gasteiger partial charge in [-0.3, -0.25) is 0 Å². The highest BCUT2D eigenvalue weighted by atomic mass is 15.0. The third kappa shape index (κ3) is 5.46. The molecule has 0 amide bonds. The van der Waals surface area contributed by atoms with Crippen LogP contribution < -0.4 is 0 Å². The van der Waals surface area contributed by atoms with Crippen LogP contribution in [0.5, 0.6) is 0 Å². The zero-order chi connectivity index (χ0) is 28.4. The van der Waals surface area contributed by atoms with Gasteiger partial charge in [-0.25, -0.2) is 9.98 Å². The Hall–Kier alpha value is -4.50. The van der Waals surface area contributed by atoms with E-state index in [0.29, 0.717) is 0 Å². The molecule has 0 N–H and O–H groups in total. The maximum absolute atomic E-state index is 5.32. The van der Waals surface area contributed by atoms with Crippen molar-refractivity contribution in [2.24, 2.45) is 17.0 Å². The molecule has 0 spiro atoms. The summed E-state index contributed by atoms with van der Waals surface area (Å²) in [5, 5.41) is 0. The fourth-order valence-corrected chi connectivity index (χ4v) is 5.64. The van der Waals surface area contributed by atoms with Gasteiger partial charge in [-0.1, -0.05) is 96.1 Å². The average Bonchev–Trinajstić information content (AvgIpc) is 3.29. The Kier molecular flexibility index (Phi) is 7.66. The van der Waals surface area contributed by atoms with Gasteiger partial charge in [0.05, 0.1) is 34.2 Å². The van der Waals surface area contributed by atoms with Crippen LogP contribution in [0.25, 0.3) is 0 Å². The Labute approximate surface area is 238 Å². The van der Waals surface area contributed by atoms with Gasteiger partial charge in [-0.2, -0.15) is 0 Å². The molecule has 0 aliphatic carbocycles. The zero-order valence-corrected chi connectivity index (χ0v) is 24.6. The largest absolute Gasteiger partial charge is 0.341 e. The van der Waals surface area contributed by atoms with Crippen LogP contribution in [0.15, 0.2) is 107 Å². The van der Waals surface area contributed by atoms with Gasteiger partial charge in [0.25, 0.3) is 0 Å². The van der Waals surface area contributed by atoms with Gasteiger partial charge >= 0.3 is 0 Å². The van der Waals surface area contributed by atoms with Crippen LogP contribution in [-0.4, -0.2) is 16.0 Å². The third-order valence-electron chi connectivity index (χ3n) is 7.42. The predicted molar refractivity (Wildman–Crippen MR) is 170 cm³/mol. The summed E-state index contributed by atoms with van der Waals surface area (Å²) in [7, 11) is 2.12. The van der Waals surface area contributed by atoms with Crippen molar-refractivity contribution in [2.45, 2.75) is 41.5 Å². The van der Waals surface area contributed by atoms with Crippen LogP contribution in [0, 0.1) is 41.5 Å². The number of benzene rings is 4. The van der Waals surface area contributed by atoms with Crippen molar-refractivity contribution in [3.8, 4) is 0 Å². The Morgan fingerprint density at radius 2 is 0.800 bits per heavy atom. The second-order valence-corrected chi connectivity index (χ2v) is 10.8. The first kappa shape index (κ1) is 27.1. The molecule has 3 nitrogen and oxygen atoms in total. The second-order valence-electron chi connectivity index (χ2n) is 10.8. The minimum atomic E-state index is 0.944. The summed E-state index contributed by atoms with van der Waals surface area (Å²) >= 11 is 0. The van der Waals surface area contributed by atoms with Crippen LogP contribution in [0.2, 0.25) is 0 Å². The highest BCUT2D eigenvalue weighted by Gasteiger charge is 2.19. The standard InChI is InChI=1S/C37H37N3/c1-24-20-26(3)34(27(4)21-24)38-36(30-14-10-8-11-15-30)32-18-19-33(40(32)7)37(31-16-12-9-13-17-31)39-35-28(5)22-25(2)23-29(35)6/h8-23H,1-7H3. The van der Waals surface area contributed by atoms with Crippen LogP contribution >= 0.6 is 0 Å². The van der Waals surface area contributed by atoms with Crippen molar-refractivity contribution in [1.29, 1.82) is 0 Å². The molecular weight excluding hydrogens is 486 g/mol. The molecule has 0 fully saturated rings. The Morgan fingerprint density at radius 1 is 0.475 bits per heavy atom. The van der Waals surface area contributed by atoms with E-state index in [9.17, 15) is 0 Å². The molecule has 0 aliphatic heterocycles. The summed E-state index contributed by atoms with van der Waals surface area (Å²) in [4.78, 5) is 10.6. The van der Waals surface area contributed by atoms with Crippen molar-refractivity contribution in [3.05, 3.63) is 153 Å². The van der Waals surface area contributed by atoms with E-state index in [1.807, 2.05) is 12.1 Å². The van der Waals surface area contributed by atoms with Gasteiger partial charge in [0.2, 0.25) is 0 Å². The van der Waals surface area contributed by atoms with E-state index in [2.05, 4.69) is 138 Å². The number of hydrogen-bond acceptors (Lipinski definition) is 2. The molecule has 40 heavy (non-hydrogen) atoms. The topological polar surface area (TPSA) is 29.6 Å². The number of hydrogen-bond donors (Lipinski definition) is 0. The van der Waals surface area contributed by atoms with Gasteiger partial charge < -0.3 is 4.57 Å². The lowest BCUT2D eigenvalue weighted by Crippen LogP contribution is -2.14. The molecule has 0 unspecified atom stereocenters. The lowest BCUT2D eigenvalue weighted by atomic mass is 10.0. The molecule has 1 heterocycles. The lowest BCUT2D eigenvalue weighted by Gasteiger charge is -2.15. The van der Waals surface area contributed by atoms with Gasteiger partial charge in [-0.05, 0) is 75.9 Å². The van der Waals surface area contributed by atoms with Crippen molar-refractivity contribution in [3.63, 3.8) is 0 Å². The molecule has 3 heteroatoms. The minimum absolute atomic E-state index is 0.944. The van der Waals surface area contributed by atoms with E-state index in [-0.39, 0.29) is 0 Å². The summed E-state index contributed by atoms with van der Waals surface area (Å²) in [6.07, 6.45) is 0. The molecule has 5 aromatic rings. The highest BCUT2D eigenvalue weighted by molar-refractivity contribution is 6.17. The molecular formula is C37H37N3. The number of aliphatic imine (C=N–C) groups is 2. The predicted octanol–water partition coefficient (Wildman–Crippen LogP) is 9.21. The SMILES string of the molecule is Cc1cc(C)c(N=C(c2ccccc2)c2ccc(C(=Nc3c(C)cc(C)cc3C)c3ccccc3)n2C)c(C)c1. The van der Waals surface area contributed by atoms with E-state index in [1.165, 1.54) is 33.4 Å². The van der Waals surface area contributed by atoms with Crippen molar-refractivity contribution >= 4 is 22.8 Å². The zero-order valence-electron chi connectivity index (χ0n) is 24.6. The number of aryl methyl sites for hydroxylation is 6. The summed E-state index contributed by atoms with van der Waals surface area (Å²) in [5.41, 5.74) is 15.4. The Bertz CT molecular complexity index is 1560. The van der Waals surface area contributed by atoms with Gasteiger partial charge in [0, 0.05) is 18.2 Å². The van der Waals surface area contributed by atoms with E-state index >= 15 is 0 Å². The summed E-state index contributed by atoms with van der Waals surface area (Å²) in [6, 6.07) is 34.1. The number of aromatic nitrogens is 1. The molecule has 0 aliphatic rings. The quantitative estimate of drug-likeness (QED) is 0.199. The average molecular weight is 524 g/mol.